The molecule has 1 aromatic carbocycles. The predicted octanol–water partition coefficient (Wildman–Crippen LogP) is 1.88. The summed E-state index contributed by atoms with van der Waals surface area (Å²) >= 11 is 0. The maximum atomic E-state index is 11.1. The van der Waals surface area contributed by atoms with Gasteiger partial charge in [0.15, 0.2) is 5.79 Å². The van der Waals surface area contributed by atoms with Crippen LogP contribution >= 0.6 is 0 Å². The number of hydrogen-bond donors (Lipinski definition) is 4. The smallest absolute Gasteiger partial charge is 0.404 e. The Balaban J connectivity index is 1.81. The molecule has 0 spiro atoms. The van der Waals surface area contributed by atoms with Gasteiger partial charge in [-0.1, -0.05) is 36.8 Å². The molecule has 0 aromatic heterocycles. The second kappa shape index (κ2) is 9.87. The van der Waals surface area contributed by atoms with Gasteiger partial charge in [0.25, 0.3) is 0 Å². The minimum Gasteiger partial charge on any atom is -0.465 e. The van der Waals surface area contributed by atoms with Crippen molar-refractivity contribution < 1.29 is 24.5 Å². The van der Waals surface area contributed by atoms with Crippen LogP contribution in [0.15, 0.2) is 30.3 Å². The van der Waals surface area contributed by atoms with Crippen LogP contribution in [0, 0.1) is 0 Å². The highest BCUT2D eigenvalue weighted by molar-refractivity contribution is 5.65. The van der Waals surface area contributed by atoms with Crippen molar-refractivity contribution in [3.8, 4) is 0 Å². The monoisotopic (exact) mass is 366 g/mol. The van der Waals surface area contributed by atoms with Crippen LogP contribution in [-0.4, -0.2) is 53.5 Å². The topological polar surface area (TPSA) is 114 Å². The number of benzene rings is 1. The first-order valence-electron chi connectivity index (χ1n) is 9.14. The number of aliphatic hydroxyl groups excluding tert-OH is 1. The van der Waals surface area contributed by atoms with Crippen LogP contribution in [0.1, 0.15) is 38.2 Å². The lowest BCUT2D eigenvalue weighted by Crippen LogP contribution is -2.52. The molecular weight excluding hydrogens is 336 g/mol. The second-order valence-corrected chi connectivity index (χ2v) is 6.98. The standard InChI is InChI=1S/C19H30N2O5/c1-19(25-11-12-26-19)10-6-5-9-15(20)17(22)16(21-18(23)24)13-14-7-3-2-4-8-14/h2-4,7-8,15-17,21-22H,5-6,9-13,20H2,1H3,(H,23,24)/t15?,16-,17-/m0/s1. The Kier molecular flexibility index (Phi) is 7.84. The molecule has 7 heteroatoms. The molecule has 1 fully saturated rings. The quantitative estimate of drug-likeness (QED) is 0.470. The molecule has 1 aromatic rings. The average Bonchev–Trinajstić information content (AvgIpc) is 3.04. The second-order valence-electron chi connectivity index (χ2n) is 6.98. The number of nitrogens with one attached hydrogen (secondary N) is 1. The van der Waals surface area contributed by atoms with Crippen molar-refractivity contribution in [2.45, 2.75) is 63.0 Å². The first-order valence-corrected chi connectivity index (χ1v) is 9.14. The fraction of sp³-hybridized carbons (Fsp3) is 0.632. The third-order valence-corrected chi connectivity index (χ3v) is 4.77. The van der Waals surface area contributed by atoms with Crippen molar-refractivity contribution >= 4 is 6.09 Å². The van der Waals surface area contributed by atoms with Crippen LogP contribution in [0.25, 0.3) is 0 Å². The number of hydrogen-bond acceptors (Lipinski definition) is 5. The van der Waals surface area contributed by atoms with Crippen molar-refractivity contribution in [3.05, 3.63) is 35.9 Å². The van der Waals surface area contributed by atoms with Gasteiger partial charge in [0.05, 0.1) is 25.4 Å². The Morgan fingerprint density at radius 1 is 1.27 bits per heavy atom. The summed E-state index contributed by atoms with van der Waals surface area (Å²) in [6, 6.07) is 8.30. The van der Waals surface area contributed by atoms with Gasteiger partial charge >= 0.3 is 6.09 Å². The summed E-state index contributed by atoms with van der Waals surface area (Å²) in [7, 11) is 0. The van der Waals surface area contributed by atoms with Gasteiger partial charge in [0.2, 0.25) is 0 Å². The molecule has 7 nitrogen and oxygen atoms in total. The van der Waals surface area contributed by atoms with Gasteiger partial charge in [0.1, 0.15) is 0 Å². The first-order chi connectivity index (χ1) is 12.4. The molecule has 5 N–H and O–H groups in total. The van der Waals surface area contributed by atoms with E-state index in [9.17, 15) is 9.90 Å². The fourth-order valence-corrected chi connectivity index (χ4v) is 3.28. The van der Waals surface area contributed by atoms with Gasteiger partial charge in [-0.3, -0.25) is 0 Å². The summed E-state index contributed by atoms with van der Waals surface area (Å²) in [5.41, 5.74) is 7.07. The lowest BCUT2D eigenvalue weighted by molar-refractivity contribution is -0.147. The molecule has 2 rings (SSSR count). The van der Waals surface area contributed by atoms with E-state index in [1.807, 2.05) is 37.3 Å². The number of aliphatic hydroxyl groups is 1. The Morgan fingerprint density at radius 2 is 1.92 bits per heavy atom. The third kappa shape index (κ3) is 6.57. The van der Waals surface area contributed by atoms with Gasteiger partial charge in [-0.05, 0) is 31.7 Å². The van der Waals surface area contributed by atoms with E-state index in [4.69, 9.17) is 20.3 Å². The van der Waals surface area contributed by atoms with Crippen LogP contribution in [0.2, 0.25) is 0 Å². The van der Waals surface area contributed by atoms with Crippen LogP contribution in [0.4, 0.5) is 4.79 Å². The summed E-state index contributed by atoms with van der Waals surface area (Å²) in [5, 5.41) is 22.0. The largest absolute Gasteiger partial charge is 0.465 e. The van der Waals surface area contributed by atoms with E-state index in [-0.39, 0.29) is 0 Å². The predicted molar refractivity (Wildman–Crippen MR) is 97.9 cm³/mol. The first kappa shape index (κ1) is 20.6. The molecule has 0 aliphatic carbocycles. The molecule has 1 aliphatic heterocycles. The van der Waals surface area contributed by atoms with Crippen LogP contribution < -0.4 is 11.1 Å². The molecule has 0 radical (unpaired) electrons. The molecule has 26 heavy (non-hydrogen) atoms. The van der Waals surface area contributed by atoms with Crippen molar-refractivity contribution in [2.75, 3.05) is 13.2 Å². The van der Waals surface area contributed by atoms with E-state index in [0.29, 0.717) is 26.1 Å². The summed E-state index contributed by atoms with van der Waals surface area (Å²) < 4.78 is 11.1. The van der Waals surface area contributed by atoms with Crippen molar-refractivity contribution in [3.63, 3.8) is 0 Å². The lowest BCUT2D eigenvalue weighted by atomic mass is 9.93. The molecule has 1 heterocycles. The minimum absolute atomic E-state index is 0.391. The number of rotatable bonds is 10. The fourth-order valence-electron chi connectivity index (χ4n) is 3.28. The summed E-state index contributed by atoms with van der Waals surface area (Å²) in [6.45, 7) is 3.18. The van der Waals surface area contributed by atoms with Crippen LogP contribution in [0.5, 0.6) is 0 Å². The Hall–Kier alpha value is -1.67. The Labute approximate surface area is 154 Å². The molecule has 0 saturated carbocycles. The van der Waals surface area contributed by atoms with E-state index in [1.165, 1.54) is 0 Å². The zero-order chi connectivity index (χ0) is 19.0. The lowest BCUT2D eigenvalue weighted by Gasteiger charge is -2.28. The number of unbranched alkanes of at least 4 members (excludes halogenated alkanes) is 1. The van der Waals surface area contributed by atoms with Crippen LogP contribution in [-0.2, 0) is 15.9 Å². The van der Waals surface area contributed by atoms with E-state index in [2.05, 4.69) is 5.32 Å². The maximum absolute atomic E-state index is 11.1. The molecule has 1 saturated heterocycles. The molecule has 1 aliphatic rings. The highest BCUT2D eigenvalue weighted by Crippen LogP contribution is 2.25. The number of ether oxygens (including phenoxy) is 2. The minimum atomic E-state index is -1.17. The summed E-state index contributed by atoms with van der Waals surface area (Å²) in [6.07, 6.45) is 1.32. The van der Waals surface area contributed by atoms with Gasteiger partial charge in [-0.25, -0.2) is 4.79 Å². The Bertz CT molecular complexity index is 548. The van der Waals surface area contributed by atoms with Gasteiger partial charge in [-0.15, -0.1) is 0 Å². The average molecular weight is 366 g/mol. The molecular formula is C19H30N2O5. The van der Waals surface area contributed by atoms with Gasteiger partial charge < -0.3 is 30.7 Å². The SMILES string of the molecule is CC1(CCCCC(N)[C@H](O)[C@H](Cc2ccccc2)NC(=O)O)OCCO1. The number of amides is 1. The van der Waals surface area contributed by atoms with Crippen molar-refractivity contribution in [1.29, 1.82) is 0 Å². The Morgan fingerprint density at radius 3 is 2.54 bits per heavy atom. The van der Waals surface area contributed by atoms with Gasteiger partial charge in [-0.2, -0.15) is 0 Å². The van der Waals surface area contributed by atoms with Gasteiger partial charge in [0, 0.05) is 12.5 Å². The van der Waals surface area contributed by atoms with E-state index in [0.717, 1.165) is 24.8 Å². The molecule has 3 atom stereocenters. The van der Waals surface area contributed by atoms with Crippen LogP contribution in [0.3, 0.4) is 0 Å². The van der Waals surface area contributed by atoms with E-state index >= 15 is 0 Å². The highest BCUT2D eigenvalue weighted by atomic mass is 16.7. The van der Waals surface area contributed by atoms with E-state index < -0.39 is 30.1 Å². The zero-order valence-electron chi connectivity index (χ0n) is 15.3. The highest BCUT2D eigenvalue weighted by Gasteiger charge is 2.31. The maximum Gasteiger partial charge on any atom is 0.404 e. The molecule has 0 bridgehead atoms. The zero-order valence-corrected chi connectivity index (χ0v) is 15.3. The van der Waals surface area contributed by atoms with E-state index in [1.54, 1.807) is 0 Å². The molecule has 146 valence electrons. The number of carboxylic acid groups (broad SMARTS) is 1. The van der Waals surface area contributed by atoms with Crippen molar-refractivity contribution in [1.82, 2.24) is 5.32 Å². The van der Waals surface area contributed by atoms with Crippen molar-refractivity contribution in [2.24, 2.45) is 5.73 Å². The normalized spacial score (nSPS) is 19.7. The number of nitrogens with two attached hydrogens (primary N) is 1. The molecule has 1 amide bonds. The molecule has 1 unspecified atom stereocenters. The summed E-state index contributed by atoms with van der Waals surface area (Å²) in [4.78, 5) is 11.1. The summed E-state index contributed by atoms with van der Waals surface area (Å²) in [5.74, 6) is -0.510. The number of carbonyl (C=O) groups is 1. The third-order valence-electron chi connectivity index (χ3n) is 4.77.